The smallest absolute Gasteiger partial charge is 0.336 e. The maximum Gasteiger partial charge on any atom is 0.336 e. The molecule has 0 unspecified atom stereocenters. The van der Waals surface area contributed by atoms with E-state index in [9.17, 15) is 9.59 Å². The van der Waals surface area contributed by atoms with E-state index in [0.717, 1.165) is 24.3 Å². The van der Waals surface area contributed by atoms with Gasteiger partial charge in [-0.1, -0.05) is 44.7 Å². The summed E-state index contributed by atoms with van der Waals surface area (Å²) < 4.78 is 11.0. The lowest BCUT2D eigenvalue weighted by molar-refractivity contribution is -0.128. The molecule has 148 valence electrons. The van der Waals surface area contributed by atoms with Crippen molar-refractivity contribution in [3.05, 3.63) is 65.7 Å². The van der Waals surface area contributed by atoms with E-state index in [-0.39, 0.29) is 5.78 Å². The number of Topliss-reactive ketones (excluding diaryl/α,β-unsaturated/α-hetero) is 1. The van der Waals surface area contributed by atoms with E-state index in [4.69, 9.17) is 9.47 Å². The van der Waals surface area contributed by atoms with Gasteiger partial charge in [0.1, 0.15) is 11.5 Å². The molecule has 2 aromatic rings. The minimum Gasteiger partial charge on any atom is -0.494 e. The third-order valence-corrected chi connectivity index (χ3v) is 4.29. The van der Waals surface area contributed by atoms with Crippen molar-refractivity contribution in [2.45, 2.75) is 46.0 Å². The van der Waals surface area contributed by atoms with Crippen molar-refractivity contribution >= 4 is 17.8 Å². The van der Waals surface area contributed by atoms with Crippen molar-refractivity contribution in [3.8, 4) is 11.5 Å². The third-order valence-electron chi connectivity index (χ3n) is 4.29. The van der Waals surface area contributed by atoms with Gasteiger partial charge in [-0.2, -0.15) is 0 Å². The first-order valence-electron chi connectivity index (χ1n) is 9.82. The van der Waals surface area contributed by atoms with E-state index in [1.165, 1.54) is 38.7 Å². The predicted molar refractivity (Wildman–Crippen MR) is 112 cm³/mol. The fourth-order valence-corrected chi connectivity index (χ4v) is 2.64. The molecule has 0 aliphatic carbocycles. The van der Waals surface area contributed by atoms with Crippen molar-refractivity contribution in [1.29, 1.82) is 0 Å². The summed E-state index contributed by atoms with van der Waals surface area (Å²) >= 11 is 0. The average molecular weight is 380 g/mol. The number of unbranched alkanes of at least 4 members (excludes halogenated alkanes) is 4. The second-order valence-electron chi connectivity index (χ2n) is 6.67. The maximum atomic E-state index is 11.9. The lowest BCUT2D eigenvalue weighted by Crippen LogP contribution is -2.04. The van der Waals surface area contributed by atoms with E-state index >= 15 is 0 Å². The van der Waals surface area contributed by atoms with Gasteiger partial charge in [-0.3, -0.25) is 4.79 Å². The molecule has 0 heterocycles. The summed E-state index contributed by atoms with van der Waals surface area (Å²) in [6.07, 6.45) is 9.14. The standard InChI is InChI=1S/C24H28O4/c1-3-4-5-6-7-18-27-22-13-8-20(9-14-22)10-17-24(26)28-23-15-11-21(12-16-23)19(2)25/h8-17H,3-7,18H2,1-2H3/b17-10+. The quantitative estimate of drug-likeness (QED) is 0.161. The van der Waals surface area contributed by atoms with Crippen LogP contribution in [0.15, 0.2) is 54.6 Å². The Morgan fingerprint density at radius 2 is 1.50 bits per heavy atom. The molecule has 2 rings (SSSR count). The Kier molecular flexibility index (Phi) is 8.99. The van der Waals surface area contributed by atoms with Crippen LogP contribution in [0.25, 0.3) is 6.08 Å². The highest BCUT2D eigenvalue weighted by atomic mass is 16.5. The number of benzene rings is 2. The normalized spacial score (nSPS) is 10.8. The van der Waals surface area contributed by atoms with E-state index in [1.807, 2.05) is 24.3 Å². The minimum atomic E-state index is -0.469. The van der Waals surface area contributed by atoms with Crippen LogP contribution >= 0.6 is 0 Å². The Hall–Kier alpha value is -2.88. The van der Waals surface area contributed by atoms with Crippen LogP contribution in [0.1, 0.15) is 61.9 Å². The van der Waals surface area contributed by atoms with E-state index in [1.54, 1.807) is 30.3 Å². The highest BCUT2D eigenvalue weighted by Crippen LogP contribution is 2.15. The first kappa shape index (κ1) is 21.4. The topological polar surface area (TPSA) is 52.6 Å². The van der Waals surface area contributed by atoms with Crippen molar-refractivity contribution in [1.82, 2.24) is 0 Å². The molecule has 0 aliphatic rings. The number of rotatable bonds is 11. The highest BCUT2D eigenvalue weighted by Gasteiger charge is 2.03. The van der Waals surface area contributed by atoms with Gasteiger partial charge in [0, 0.05) is 11.6 Å². The molecule has 0 saturated heterocycles. The van der Waals surface area contributed by atoms with Crippen molar-refractivity contribution < 1.29 is 19.1 Å². The minimum absolute atomic E-state index is 0.0262. The molecule has 0 atom stereocenters. The lowest BCUT2D eigenvalue weighted by Gasteiger charge is -2.06. The van der Waals surface area contributed by atoms with Crippen molar-refractivity contribution in [3.63, 3.8) is 0 Å². The summed E-state index contributed by atoms with van der Waals surface area (Å²) in [5, 5.41) is 0. The Morgan fingerprint density at radius 3 is 2.14 bits per heavy atom. The Labute approximate surface area is 167 Å². The predicted octanol–water partition coefficient (Wildman–Crippen LogP) is 5.86. The maximum absolute atomic E-state index is 11.9. The number of hydrogen-bond donors (Lipinski definition) is 0. The number of ether oxygens (including phenoxy) is 2. The molecule has 0 amide bonds. The molecule has 4 heteroatoms. The molecular formula is C24H28O4. The van der Waals surface area contributed by atoms with Crippen LogP contribution in [0.4, 0.5) is 0 Å². The van der Waals surface area contributed by atoms with Crippen LogP contribution in [0, 0.1) is 0 Å². The molecule has 0 aliphatic heterocycles. The fourth-order valence-electron chi connectivity index (χ4n) is 2.64. The number of carbonyl (C=O) groups is 2. The third kappa shape index (κ3) is 7.78. The lowest BCUT2D eigenvalue weighted by atomic mass is 10.1. The van der Waals surface area contributed by atoms with Crippen molar-refractivity contribution in [2.24, 2.45) is 0 Å². The van der Waals surface area contributed by atoms with Gasteiger partial charge in [0.2, 0.25) is 0 Å². The van der Waals surface area contributed by atoms with E-state index in [0.29, 0.717) is 11.3 Å². The molecule has 0 bridgehead atoms. The summed E-state index contributed by atoms with van der Waals surface area (Å²) in [7, 11) is 0. The molecule has 0 fully saturated rings. The van der Waals surface area contributed by atoms with Crippen LogP contribution in [0.5, 0.6) is 11.5 Å². The molecule has 0 radical (unpaired) electrons. The number of esters is 1. The van der Waals surface area contributed by atoms with E-state index < -0.39 is 5.97 Å². The largest absolute Gasteiger partial charge is 0.494 e. The number of hydrogen-bond acceptors (Lipinski definition) is 4. The molecule has 4 nitrogen and oxygen atoms in total. The zero-order valence-corrected chi connectivity index (χ0v) is 16.6. The zero-order chi connectivity index (χ0) is 20.2. The Balaban J connectivity index is 1.76. The molecule has 2 aromatic carbocycles. The summed E-state index contributed by atoms with van der Waals surface area (Å²) in [5.74, 6) is 0.743. The Morgan fingerprint density at radius 1 is 0.857 bits per heavy atom. The van der Waals surface area contributed by atoms with Crippen LogP contribution < -0.4 is 9.47 Å². The van der Waals surface area contributed by atoms with Gasteiger partial charge in [0.25, 0.3) is 0 Å². The molecule has 0 N–H and O–H groups in total. The van der Waals surface area contributed by atoms with Gasteiger partial charge in [-0.15, -0.1) is 0 Å². The monoisotopic (exact) mass is 380 g/mol. The number of carbonyl (C=O) groups excluding carboxylic acids is 2. The van der Waals surface area contributed by atoms with Crippen LogP contribution in [-0.4, -0.2) is 18.4 Å². The van der Waals surface area contributed by atoms with Gasteiger partial charge < -0.3 is 9.47 Å². The molecule has 0 aromatic heterocycles. The van der Waals surface area contributed by atoms with Gasteiger partial charge >= 0.3 is 5.97 Å². The fraction of sp³-hybridized carbons (Fsp3) is 0.333. The summed E-state index contributed by atoms with van der Waals surface area (Å²) in [6, 6.07) is 14.1. The van der Waals surface area contributed by atoms with Gasteiger partial charge in [0.15, 0.2) is 5.78 Å². The summed E-state index contributed by atoms with van der Waals surface area (Å²) in [6.45, 7) is 4.43. The molecule has 0 saturated carbocycles. The summed E-state index contributed by atoms with van der Waals surface area (Å²) in [5.41, 5.74) is 1.47. The SMILES string of the molecule is CCCCCCCOc1ccc(/C=C/C(=O)Oc2ccc(C(C)=O)cc2)cc1. The van der Waals surface area contributed by atoms with Crippen molar-refractivity contribution in [2.75, 3.05) is 6.61 Å². The van der Waals surface area contributed by atoms with Crippen LogP contribution in [0.2, 0.25) is 0 Å². The second kappa shape index (κ2) is 11.8. The van der Waals surface area contributed by atoms with Gasteiger partial charge in [-0.25, -0.2) is 4.79 Å². The summed E-state index contributed by atoms with van der Waals surface area (Å²) in [4.78, 5) is 23.2. The number of ketones is 1. The highest BCUT2D eigenvalue weighted by molar-refractivity contribution is 5.94. The van der Waals surface area contributed by atoms with Gasteiger partial charge in [0.05, 0.1) is 6.61 Å². The van der Waals surface area contributed by atoms with Crippen LogP contribution in [-0.2, 0) is 4.79 Å². The van der Waals surface area contributed by atoms with Crippen LogP contribution in [0.3, 0.4) is 0 Å². The second-order valence-corrected chi connectivity index (χ2v) is 6.67. The molecular weight excluding hydrogens is 352 g/mol. The first-order chi connectivity index (χ1) is 13.6. The molecule has 0 spiro atoms. The Bertz CT molecular complexity index is 773. The average Bonchev–Trinajstić information content (AvgIpc) is 2.70. The zero-order valence-electron chi connectivity index (χ0n) is 16.6. The molecule has 28 heavy (non-hydrogen) atoms. The van der Waals surface area contributed by atoms with Gasteiger partial charge in [-0.05, 0) is 61.4 Å². The first-order valence-corrected chi connectivity index (χ1v) is 9.82. The van der Waals surface area contributed by atoms with E-state index in [2.05, 4.69) is 6.92 Å².